The van der Waals surface area contributed by atoms with E-state index in [4.69, 9.17) is 14.2 Å². The van der Waals surface area contributed by atoms with E-state index in [-0.39, 0.29) is 5.97 Å². The van der Waals surface area contributed by atoms with Crippen molar-refractivity contribution in [3.05, 3.63) is 0 Å². The van der Waals surface area contributed by atoms with E-state index in [9.17, 15) is 4.79 Å². The van der Waals surface area contributed by atoms with Crippen LogP contribution in [-0.2, 0) is 19.0 Å². The van der Waals surface area contributed by atoms with Crippen LogP contribution >= 0.6 is 0 Å². The van der Waals surface area contributed by atoms with Gasteiger partial charge in [-0.1, -0.05) is 136 Å². The smallest absolute Gasteiger partial charge is 0.305 e. The number of carbonyl (C=O) groups is 1. The van der Waals surface area contributed by atoms with Crippen LogP contribution < -0.4 is 0 Å². The number of unbranched alkanes of at least 4 members (excludes halogenated alkanes) is 19. The fraction of sp³-hybridized carbons (Fsp3) is 0.967. The molecule has 0 atom stereocenters. The zero-order valence-corrected chi connectivity index (χ0v) is 23.2. The highest BCUT2D eigenvalue weighted by molar-refractivity contribution is 5.69. The first-order valence-corrected chi connectivity index (χ1v) is 15.1. The van der Waals surface area contributed by atoms with Crippen LogP contribution in [0.2, 0.25) is 0 Å². The predicted molar refractivity (Wildman–Crippen MR) is 146 cm³/mol. The second kappa shape index (κ2) is 30.4. The van der Waals surface area contributed by atoms with Crippen LogP contribution in [0.25, 0.3) is 0 Å². The standard InChI is InChI=1S/C30H60O4/c1-3-5-7-9-10-11-12-13-14-15-16-17-18-19-21-23-25-32-26-27-33-28-29-34-30(31)24-22-20-8-6-4-2/h3-29H2,1-2H3. The van der Waals surface area contributed by atoms with Crippen molar-refractivity contribution in [2.45, 2.75) is 155 Å². The van der Waals surface area contributed by atoms with Crippen LogP contribution in [0, 0.1) is 0 Å². The van der Waals surface area contributed by atoms with Crippen LogP contribution in [0.3, 0.4) is 0 Å². The molecule has 0 N–H and O–H groups in total. The summed E-state index contributed by atoms with van der Waals surface area (Å²) in [6.45, 7) is 7.33. The van der Waals surface area contributed by atoms with Gasteiger partial charge in [0.1, 0.15) is 6.61 Å². The monoisotopic (exact) mass is 484 g/mol. The first kappa shape index (κ1) is 33.4. The third kappa shape index (κ3) is 29.4. The lowest BCUT2D eigenvalue weighted by atomic mass is 10.0. The summed E-state index contributed by atoms with van der Waals surface area (Å²) in [6, 6.07) is 0. The minimum atomic E-state index is -0.0974. The highest BCUT2D eigenvalue weighted by atomic mass is 16.6. The molecule has 0 unspecified atom stereocenters. The van der Waals surface area contributed by atoms with E-state index in [2.05, 4.69) is 13.8 Å². The summed E-state index contributed by atoms with van der Waals surface area (Å²) >= 11 is 0. The van der Waals surface area contributed by atoms with Gasteiger partial charge >= 0.3 is 5.97 Å². The molecule has 204 valence electrons. The molecule has 0 aromatic carbocycles. The number of carbonyl (C=O) groups excluding carboxylic acids is 1. The lowest BCUT2D eigenvalue weighted by molar-refractivity contribution is -0.145. The third-order valence-corrected chi connectivity index (χ3v) is 6.49. The minimum Gasteiger partial charge on any atom is -0.463 e. The lowest BCUT2D eigenvalue weighted by Gasteiger charge is -2.07. The van der Waals surface area contributed by atoms with Gasteiger partial charge in [-0.15, -0.1) is 0 Å². The summed E-state index contributed by atoms with van der Waals surface area (Å²) in [7, 11) is 0. The van der Waals surface area contributed by atoms with Gasteiger partial charge in [-0.2, -0.15) is 0 Å². The van der Waals surface area contributed by atoms with Crippen molar-refractivity contribution in [2.75, 3.05) is 33.0 Å². The van der Waals surface area contributed by atoms with Gasteiger partial charge in [0.15, 0.2) is 0 Å². The molecular weight excluding hydrogens is 424 g/mol. The average molecular weight is 485 g/mol. The average Bonchev–Trinajstić information content (AvgIpc) is 2.84. The molecule has 0 fully saturated rings. The quantitative estimate of drug-likeness (QED) is 0.0784. The van der Waals surface area contributed by atoms with Gasteiger partial charge in [0.05, 0.1) is 19.8 Å². The lowest BCUT2D eigenvalue weighted by Crippen LogP contribution is -2.13. The Labute approximate surface area is 213 Å². The van der Waals surface area contributed by atoms with Crippen molar-refractivity contribution in [3.8, 4) is 0 Å². The van der Waals surface area contributed by atoms with Gasteiger partial charge in [0.2, 0.25) is 0 Å². The number of hydrogen-bond acceptors (Lipinski definition) is 4. The van der Waals surface area contributed by atoms with Crippen molar-refractivity contribution < 1.29 is 19.0 Å². The van der Waals surface area contributed by atoms with Gasteiger partial charge < -0.3 is 14.2 Å². The highest BCUT2D eigenvalue weighted by Crippen LogP contribution is 2.13. The Hall–Kier alpha value is -0.610. The fourth-order valence-corrected chi connectivity index (χ4v) is 4.23. The molecule has 4 nitrogen and oxygen atoms in total. The Bertz CT molecular complexity index is 386. The van der Waals surface area contributed by atoms with E-state index >= 15 is 0 Å². The molecule has 0 heterocycles. The zero-order valence-electron chi connectivity index (χ0n) is 23.2. The van der Waals surface area contributed by atoms with Crippen LogP contribution in [0.4, 0.5) is 0 Å². The molecule has 4 heteroatoms. The number of ether oxygens (including phenoxy) is 3. The van der Waals surface area contributed by atoms with Gasteiger partial charge in [-0.25, -0.2) is 0 Å². The number of esters is 1. The maximum Gasteiger partial charge on any atom is 0.305 e. The largest absolute Gasteiger partial charge is 0.463 e. The van der Waals surface area contributed by atoms with Crippen LogP contribution in [-0.4, -0.2) is 39.0 Å². The van der Waals surface area contributed by atoms with E-state index < -0.39 is 0 Å². The molecule has 0 aromatic rings. The molecule has 0 amide bonds. The predicted octanol–water partition coefficient (Wildman–Crippen LogP) is 9.18. The molecule has 0 bridgehead atoms. The summed E-state index contributed by atoms with van der Waals surface area (Å²) < 4.78 is 16.3. The molecular formula is C30H60O4. The molecule has 0 aromatic heterocycles. The SMILES string of the molecule is CCCCCCCCCCCCCCCCCCOCCOCCOC(=O)CCCCCCC. The molecule has 34 heavy (non-hydrogen) atoms. The number of hydrogen-bond donors (Lipinski definition) is 0. The van der Waals surface area contributed by atoms with E-state index in [1.165, 1.54) is 116 Å². The Balaban J connectivity index is 3.08. The Morgan fingerprint density at radius 1 is 0.412 bits per heavy atom. The Morgan fingerprint density at radius 3 is 1.24 bits per heavy atom. The molecule has 0 saturated heterocycles. The first-order chi connectivity index (χ1) is 16.8. The summed E-state index contributed by atoms with van der Waals surface area (Å²) in [5, 5.41) is 0. The van der Waals surface area contributed by atoms with E-state index in [0.717, 1.165) is 25.9 Å². The molecule has 0 spiro atoms. The molecule has 0 rings (SSSR count). The van der Waals surface area contributed by atoms with Gasteiger partial charge in [-0.3, -0.25) is 4.79 Å². The van der Waals surface area contributed by atoms with Gasteiger partial charge in [-0.05, 0) is 12.8 Å². The maximum absolute atomic E-state index is 11.6. The summed E-state index contributed by atoms with van der Waals surface area (Å²) in [6.07, 6.45) is 28.5. The van der Waals surface area contributed by atoms with Crippen LogP contribution in [0.1, 0.15) is 155 Å². The van der Waals surface area contributed by atoms with Gasteiger partial charge in [0.25, 0.3) is 0 Å². The van der Waals surface area contributed by atoms with E-state index in [0.29, 0.717) is 32.8 Å². The van der Waals surface area contributed by atoms with Gasteiger partial charge in [0, 0.05) is 13.0 Å². The van der Waals surface area contributed by atoms with Crippen molar-refractivity contribution in [2.24, 2.45) is 0 Å². The van der Waals surface area contributed by atoms with Crippen molar-refractivity contribution >= 4 is 5.97 Å². The summed E-state index contributed by atoms with van der Waals surface area (Å²) in [5.41, 5.74) is 0. The zero-order chi connectivity index (χ0) is 24.8. The molecule has 0 aliphatic carbocycles. The number of rotatable bonds is 29. The summed E-state index contributed by atoms with van der Waals surface area (Å²) in [5.74, 6) is -0.0974. The second-order valence-corrected chi connectivity index (χ2v) is 9.91. The Morgan fingerprint density at radius 2 is 0.765 bits per heavy atom. The first-order valence-electron chi connectivity index (χ1n) is 15.1. The molecule has 0 aliphatic heterocycles. The molecule has 0 aliphatic rings. The maximum atomic E-state index is 11.6. The highest BCUT2D eigenvalue weighted by Gasteiger charge is 2.02. The van der Waals surface area contributed by atoms with Crippen molar-refractivity contribution in [1.82, 2.24) is 0 Å². The van der Waals surface area contributed by atoms with Crippen LogP contribution in [0.15, 0.2) is 0 Å². The Kier molecular flexibility index (Phi) is 29.9. The normalized spacial score (nSPS) is 11.2. The second-order valence-electron chi connectivity index (χ2n) is 9.91. The van der Waals surface area contributed by atoms with E-state index in [1.807, 2.05) is 0 Å². The molecule has 0 radical (unpaired) electrons. The van der Waals surface area contributed by atoms with Crippen molar-refractivity contribution in [1.29, 1.82) is 0 Å². The van der Waals surface area contributed by atoms with Crippen LogP contribution in [0.5, 0.6) is 0 Å². The minimum absolute atomic E-state index is 0.0974. The molecule has 0 saturated carbocycles. The summed E-state index contributed by atoms with van der Waals surface area (Å²) in [4.78, 5) is 11.6. The van der Waals surface area contributed by atoms with E-state index in [1.54, 1.807) is 0 Å². The fourth-order valence-electron chi connectivity index (χ4n) is 4.23. The topological polar surface area (TPSA) is 44.8 Å². The third-order valence-electron chi connectivity index (χ3n) is 6.49. The van der Waals surface area contributed by atoms with Crippen molar-refractivity contribution in [3.63, 3.8) is 0 Å².